The van der Waals surface area contributed by atoms with Gasteiger partial charge in [-0.05, 0) is 31.2 Å². The standard InChI is InChI=1S/C14H16N2O4/c1-9-12(15-16-13(9)14(17)18)10-3-5-11(6-4-10)20-8-7-19-2/h3-6H,7-8H2,1-2H3,(H,15,16)(H,17,18). The monoisotopic (exact) mass is 276 g/mol. The van der Waals surface area contributed by atoms with Crippen LogP contribution in [0.25, 0.3) is 11.3 Å². The molecule has 106 valence electrons. The lowest BCUT2D eigenvalue weighted by molar-refractivity contribution is 0.0689. The molecule has 1 aromatic carbocycles. The molecule has 0 spiro atoms. The van der Waals surface area contributed by atoms with E-state index in [1.54, 1.807) is 14.0 Å². The van der Waals surface area contributed by atoms with E-state index in [2.05, 4.69) is 10.2 Å². The highest BCUT2D eigenvalue weighted by molar-refractivity contribution is 5.89. The second-order valence-electron chi connectivity index (χ2n) is 4.24. The molecule has 0 aliphatic carbocycles. The van der Waals surface area contributed by atoms with E-state index in [-0.39, 0.29) is 5.69 Å². The van der Waals surface area contributed by atoms with Crippen molar-refractivity contribution in [1.29, 1.82) is 0 Å². The van der Waals surface area contributed by atoms with Crippen LogP contribution in [0.5, 0.6) is 5.75 Å². The van der Waals surface area contributed by atoms with Crippen LogP contribution in [0, 0.1) is 6.92 Å². The smallest absolute Gasteiger partial charge is 0.354 e. The Morgan fingerprint density at radius 2 is 2.00 bits per heavy atom. The van der Waals surface area contributed by atoms with Gasteiger partial charge in [0.2, 0.25) is 0 Å². The van der Waals surface area contributed by atoms with Crippen LogP contribution in [0.4, 0.5) is 0 Å². The fourth-order valence-corrected chi connectivity index (χ4v) is 1.84. The van der Waals surface area contributed by atoms with Crippen LogP contribution in [0.15, 0.2) is 24.3 Å². The Hall–Kier alpha value is -2.34. The van der Waals surface area contributed by atoms with E-state index in [1.165, 1.54) is 0 Å². The Morgan fingerprint density at radius 3 is 2.55 bits per heavy atom. The summed E-state index contributed by atoms with van der Waals surface area (Å²) >= 11 is 0. The van der Waals surface area contributed by atoms with E-state index in [9.17, 15) is 4.79 Å². The number of aromatic nitrogens is 2. The molecule has 20 heavy (non-hydrogen) atoms. The largest absolute Gasteiger partial charge is 0.491 e. The number of carboxylic acids is 1. The second kappa shape index (κ2) is 6.21. The van der Waals surface area contributed by atoms with E-state index in [1.807, 2.05) is 24.3 Å². The first kappa shape index (κ1) is 14.1. The first-order chi connectivity index (χ1) is 9.63. The quantitative estimate of drug-likeness (QED) is 0.789. The van der Waals surface area contributed by atoms with Gasteiger partial charge in [-0.25, -0.2) is 4.79 Å². The summed E-state index contributed by atoms with van der Waals surface area (Å²) in [6.45, 7) is 2.74. The van der Waals surface area contributed by atoms with E-state index >= 15 is 0 Å². The lowest BCUT2D eigenvalue weighted by atomic mass is 10.1. The van der Waals surface area contributed by atoms with Gasteiger partial charge in [-0.1, -0.05) is 0 Å². The average molecular weight is 276 g/mol. The summed E-state index contributed by atoms with van der Waals surface area (Å²) in [6, 6.07) is 7.33. The summed E-state index contributed by atoms with van der Waals surface area (Å²) < 4.78 is 10.4. The van der Waals surface area contributed by atoms with Crippen molar-refractivity contribution >= 4 is 5.97 Å². The minimum atomic E-state index is -1.01. The van der Waals surface area contributed by atoms with E-state index < -0.39 is 5.97 Å². The van der Waals surface area contributed by atoms with Crippen LogP contribution in [-0.2, 0) is 4.74 Å². The maximum absolute atomic E-state index is 11.0. The number of benzene rings is 1. The maximum Gasteiger partial charge on any atom is 0.354 e. The highest BCUT2D eigenvalue weighted by atomic mass is 16.5. The molecule has 0 saturated heterocycles. The lowest BCUT2D eigenvalue weighted by Gasteiger charge is -2.06. The third kappa shape index (κ3) is 2.97. The molecule has 2 rings (SSSR count). The van der Waals surface area contributed by atoms with Gasteiger partial charge < -0.3 is 14.6 Å². The maximum atomic E-state index is 11.0. The number of ether oxygens (including phenoxy) is 2. The second-order valence-corrected chi connectivity index (χ2v) is 4.24. The molecule has 2 N–H and O–H groups in total. The van der Waals surface area contributed by atoms with Crippen molar-refractivity contribution in [2.24, 2.45) is 0 Å². The predicted octanol–water partition coefficient (Wildman–Crippen LogP) is 2.11. The molecule has 0 aliphatic heterocycles. The van der Waals surface area contributed by atoms with E-state index in [4.69, 9.17) is 14.6 Å². The molecule has 0 unspecified atom stereocenters. The number of carbonyl (C=O) groups is 1. The third-order valence-electron chi connectivity index (χ3n) is 2.91. The Morgan fingerprint density at radius 1 is 1.30 bits per heavy atom. The number of aromatic carboxylic acids is 1. The van der Waals surface area contributed by atoms with Gasteiger partial charge in [0.15, 0.2) is 0 Å². The zero-order valence-electron chi connectivity index (χ0n) is 11.3. The molecule has 6 heteroatoms. The zero-order chi connectivity index (χ0) is 14.5. The summed E-state index contributed by atoms with van der Waals surface area (Å²) in [4.78, 5) is 11.0. The van der Waals surface area contributed by atoms with Crippen molar-refractivity contribution in [2.75, 3.05) is 20.3 Å². The van der Waals surface area contributed by atoms with Crippen molar-refractivity contribution in [3.8, 4) is 17.0 Å². The predicted molar refractivity (Wildman–Crippen MR) is 73.1 cm³/mol. The molecule has 0 aliphatic rings. The fourth-order valence-electron chi connectivity index (χ4n) is 1.84. The number of aromatic amines is 1. The van der Waals surface area contributed by atoms with Gasteiger partial charge in [-0.3, -0.25) is 5.10 Å². The number of H-pyrrole nitrogens is 1. The molecule has 0 atom stereocenters. The number of nitrogens with zero attached hydrogens (tertiary/aromatic N) is 1. The first-order valence-corrected chi connectivity index (χ1v) is 6.14. The zero-order valence-corrected chi connectivity index (χ0v) is 11.3. The summed E-state index contributed by atoms with van der Waals surface area (Å²) in [7, 11) is 1.62. The molecule has 1 heterocycles. The van der Waals surface area contributed by atoms with Crippen LogP contribution in [0.1, 0.15) is 16.1 Å². The van der Waals surface area contributed by atoms with Gasteiger partial charge in [0.1, 0.15) is 18.1 Å². The Bertz CT molecular complexity index is 590. The fraction of sp³-hybridized carbons (Fsp3) is 0.286. The molecule has 0 radical (unpaired) electrons. The highest BCUT2D eigenvalue weighted by Crippen LogP contribution is 2.25. The van der Waals surface area contributed by atoms with Gasteiger partial charge in [0, 0.05) is 18.2 Å². The van der Waals surface area contributed by atoms with Gasteiger partial charge in [0.05, 0.1) is 12.3 Å². The normalized spacial score (nSPS) is 10.5. The molecule has 1 aromatic heterocycles. The average Bonchev–Trinajstić information content (AvgIpc) is 2.82. The van der Waals surface area contributed by atoms with Gasteiger partial charge in [-0.2, -0.15) is 5.10 Å². The van der Waals surface area contributed by atoms with Crippen molar-refractivity contribution in [3.05, 3.63) is 35.5 Å². The van der Waals surface area contributed by atoms with Crippen LogP contribution in [0.2, 0.25) is 0 Å². The SMILES string of the molecule is COCCOc1ccc(-c2n[nH]c(C(=O)O)c2C)cc1. The summed E-state index contributed by atoms with van der Waals surface area (Å²) in [5.74, 6) is -0.279. The molecule has 0 bridgehead atoms. The van der Waals surface area contributed by atoms with Gasteiger partial charge in [-0.15, -0.1) is 0 Å². The van der Waals surface area contributed by atoms with Gasteiger partial charge in [0.25, 0.3) is 0 Å². The van der Waals surface area contributed by atoms with Gasteiger partial charge >= 0.3 is 5.97 Å². The van der Waals surface area contributed by atoms with Crippen LogP contribution in [-0.4, -0.2) is 41.6 Å². The molecular weight excluding hydrogens is 260 g/mol. The van der Waals surface area contributed by atoms with E-state index in [0.717, 1.165) is 11.3 Å². The number of hydrogen-bond acceptors (Lipinski definition) is 4. The topological polar surface area (TPSA) is 84.4 Å². The highest BCUT2D eigenvalue weighted by Gasteiger charge is 2.15. The van der Waals surface area contributed by atoms with Crippen molar-refractivity contribution in [1.82, 2.24) is 10.2 Å². The van der Waals surface area contributed by atoms with Crippen molar-refractivity contribution < 1.29 is 19.4 Å². The van der Waals surface area contributed by atoms with Crippen LogP contribution < -0.4 is 4.74 Å². The number of carboxylic acid groups (broad SMARTS) is 1. The van der Waals surface area contributed by atoms with Crippen LogP contribution >= 0.6 is 0 Å². The first-order valence-electron chi connectivity index (χ1n) is 6.14. The van der Waals surface area contributed by atoms with Crippen molar-refractivity contribution in [3.63, 3.8) is 0 Å². The summed E-state index contributed by atoms with van der Waals surface area (Å²) in [6.07, 6.45) is 0. The Balaban J connectivity index is 2.16. The molecule has 0 saturated carbocycles. The molecular formula is C14H16N2O4. The minimum Gasteiger partial charge on any atom is -0.491 e. The summed E-state index contributed by atoms with van der Waals surface area (Å²) in [5, 5.41) is 15.6. The molecule has 2 aromatic rings. The lowest BCUT2D eigenvalue weighted by Crippen LogP contribution is -2.03. The van der Waals surface area contributed by atoms with Crippen molar-refractivity contribution in [2.45, 2.75) is 6.92 Å². The number of methoxy groups -OCH3 is 1. The number of nitrogens with one attached hydrogen (secondary N) is 1. The minimum absolute atomic E-state index is 0.112. The summed E-state index contributed by atoms with van der Waals surface area (Å²) in [5.41, 5.74) is 2.20. The molecule has 0 fully saturated rings. The molecule has 0 amide bonds. The Kier molecular flexibility index (Phi) is 4.37. The Labute approximate surface area is 116 Å². The number of rotatable bonds is 6. The molecule has 6 nitrogen and oxygen atoms in total. The third-order valence-corrected chi connectivity index (χ3v) is 2.91. The van der Waals surface area contributed by atoms with E-state index in [0.29, 0.717) is 24.5 Å². The number of hydrogen-bond donors (Lipinski definition) is 2. The van der Waals surface area contributed by atoms with Crippen LogP contribution in [0.3, 0.4) is 0 Å².